The molecule has 5 nitrogen and oxygen atoms in total. The monoisotopic (exact) mass is 378 g/mol. The summed E-state index contributed by atoms with van der Waals surface area (Å²) in [4.78, 5) is 0.0787. The van der Waals surface area contributed by atoms with Gasteiger partial charge in [-0.15, -0.1) is 0 Å². The Morgan fingerprint density at radius 3 is 2.54 bits per heavy atom. The first kappa shape index (κ1) is 18.8. The topological polar surface area (TPSA) is 67.4 Å². The first-order valence-electron chi connectivity index (χ1n) is 8.75. The Morgan fingerprint density at radius 2 is 1.77 bits per heavy atom. The highest BCUT2D eigenvalue weighted by atomic mass is 32.2. The Labute approximate surface area is 153 Å². The van der Waals surface area contributed by atoms with Gasteiger partial charge in [-0.25, -0.2) is 17.5 Å². The molecule has 0 aliphatic carbocycles. The predicted molar refractivity (Wildman–Crippen MR) is 98.3 cm³/mol. The molecular weight excluding hydrogens is 355 g/mol. The van der Waals surface area contributed by atoms with Gasteiger partial charge in [0.15, 0.2) is 0 Å². The molecule has 0 fully saturated rings. The van der Waals surface area contributed by atoms with E-state index in [1.54, 1.807) is 0 Å². The summed E-state index contributed by atoms with van der Waals surface area (Å²) in [6.45, 7) is 1.93. The van der Waals surface area contributed by atoms with Crippen LogP contribution in [0.15, 0.2) is 53.4 Å². The van der Waals surface area contributed by atoms with Crippen molar-refractivity contribution in [3.63, 3.8) is 0 Å². The molecule has 0 aromatic heterocycles. The third kappa shape index (κ3) is 5.03. The lowest BCUT2D eigenvalue weighted by atomic mass is 10.1. The van der Waals surface area contributed by atoms with Gasteiger partial charge in [0.05, 0.1) is 4.90 Å². The summed E-state index contributed by atoms with van der Waals surface area (Å²) >= 11 is 0. The first-order valence-corrected chi connectivity index (χ1v) is 10.2. The normalized spacial score (nSPS) is 16.3. The van der Waals surface area contributed by atoms with Crippen LogP contribution in [0.3, 0.4) is 0 Å². The number of halogens is 1. The lowest BCUT2D eigenvalue weighted by Gasteiger charge is -2.12. The fourth-order valence-corrected chi connectivity index (χ4v) is 3.98. The van der Waals surface area contributed by atoms with E-state index in [1.165, 1.54) is 17.7 Å². The van der Waals surface area contributed by atoms with E-state index in [0.717, 1.165) is 50.2 Å². The summed E-state index contributed by atoms with van der Waals surface area (Å²) in [5.74, 6) is 0.513. The number of benzene rings is 2. The third-order valence-corrected chi connectivity index (χ3v) is 5.76. The van der Waals surface area contributed by atoms with Crippen molar-refractivity contribution < 1.29 is 17.5 Å². The maximum Gasteiger partial charge on any atom is 0.240 e. The molecule has 0 radical (unpaired) electrons. The third-order valence-electron chi connectivity index (χ3n) is 4.28. The van der Waals surface area contributed by atoms with Gasteiger partial charge in [-0.1, -0.05) is 18.2 Å². The minimum absolute atomic E-state index is 0.0787. The number of ether oxygens (including phenoxy) is 1. The minimum Gasteiger partial charge on any atom is -0.488 e. The van der Waals surface area contributed by atoms with Crippen LogP contribution in [-0.4, -0.2) is 34.2 Å². The molecule has 1 atom stereocenters. The van der Waals surface area contributed by atoms with Crippen molar-refractivity contribution in [2.75, 3.05) is 19.6 Å². The van der Waals surface area contributed by atoms with Crippen LogP contribution in [0.4, 0.5) is 4.39 Å². The molecule has 7 heteroatoms. The number of para-hydroxylation sites is 1. The fraction of sp³-hybridized carbons (Fsp3) is 0.368. The summed E-state index contributed by atoms with van der Waals surface area (Å²) in [7, 11) is -3.57. The highest BCUT2D eigenvalue weighted by molar-refractivity contribution is 7.89. The molecule has 1 aliphatic rings. The molecule has 1 heterocycles. The van der Waals surface area contributed by atoms with E-state index in [2.05, 4.69) is 16.1 Å². The molecule has 26 heavy (non-hydrogen) atoms. The van der Waals surface area contributed by atoms with Crippen LogP contribution in [0.25, 0.3) is 0 Å². The molecule has 3 rings (SSSR count). The standard InChI is InChI=1S/C19H23FN2O3S/c20-16-7-9-18(10-8-16)26(23,24)22-12-4-3-11-21-14-17-13-15-5-1-2-6-19(15)25-17/h1-2,5-10,17,21-22H,3-4,11-14H2. The summed E-state index contributed by atoms with van der Waals surface area (Å²) in [5, 5.41) is 3.35. The highest BCUT2D eigenvalue weighted by Gasteiger charge is 2.21. The highest BCUT2D eigenvalue weighted by Crippen LogP contribution is 2.27. The molecule has 1 aliphatic heterocycles. The average molecular weight is 378 g/mol. The number of hydrogen-bond donors (Lipinski definition) is 2. The Bertz CT molecular complexity index is 800. The van der Waals surface area contributed by atoms with Gasteiger partial charge in [0.2, 0.25) is 10.0 Å². The Kier molecular flexibility index (Phi) is 6.24. The van der Waals surface area contributed by atoms with Gasteiger partial charge >= 0.3 is 0 Å². The summed E-state index contributed by atoms with van der Waals surface area (Å²) in [6, 6.07) is 12.9. The number of fused-ring (bicyclic) bond motifs is 1. The average Bonchev–Trinajstić information content (AvgIpc) is 3.04. The molecule has 140 valence electrons. The van der Waals surface area contributed by atoms with Crippen molar-refractivity contribution in [1.82, 2.24) is 10.0 Å². The Morgan fingerprint density at radius 1 is 1.04 bits per heavy atom. The molecule has 2 N–H and O–H groups in total. The molecular formula is C19H23FN2O3S. The van der Waals surface area contributed by atoms with Crippen LogP contribution in [0.1, 0.15) is 18.4 Å². The van der Waals surface area contributed by atoms with Gasteiger partial charge < -0.3 is 10.1 Å². The number of sulfonamides is 1. The van der Waals surface area contributed by atoms with E-state index in [1.807, 2.05) is 18.2 Å². The molecule has 0 saturated carbocycles. The minimum atomic E-state index is -3.57. The van der Waals surface area contributed by atoms with Crippen LogP contribution < -0.4 is 14.8 Å². The van der Waals surface area contributed by atoms with Crippen molar-refractivity contribution in [3.05, 3.63) is 59.9 Å². The van der Waals surface area contributed by atoms with Crippen molar-refractivity contribution in [1.29, 1.82) is 0 Å². The van der Waals surface area contributed by atoms with Crippen molar-refractivity contribution >= 4 is 10.0 Å². The van der Waals surface area contributed by atoms with Crippen molar-refractivity contribution in [3.8, 4) is 5.75 Å². The lowest BCUT2D eigenvalue weighted by molar-refractivity contribution is 0.227. The van der Waals surface area contributed by atoms with E-state index in [-0.39, 0.29) is 11.0 Å². The van der Waals surface area contributed by atoms with E-state index in [9.17, 15) is 12.8 Å². The molecule has 0 bridgehead atoms. The quantitative estimate of drug-likeness (QED) is 0.658. The Balaban J connectivity index is 1.29. The van der Waals surface area contributed by atoms with Crippen LogP contribution in [0, 0.1) is 5.82 Å². The van der Waals surface area contributed by atoms with Crippen LogP contribution >= 0.6 is 0 Å². The molecule has 1 unspecified atom stereocenters. The predicted octanol–water partition coefficient (Wildman–Crippen LogP) is 2.48. The molecule has 0 spiro atoms. The molecule has 0 amide bonds. The van der Waals surface area contributed by atoms with Gasteiger partial charge in [-0.05, 0) is 55.3 Å². The summed E-state index contributed by atoms with van der Waals surface area (Å²) < 4.78 is 45.3. The van der Waals surface area contributed by atoms with Crippen LogP contribution in [-0.2, 0) is 16.4 Å². The van der Waals surface area contributed by atoms with E-state index >= 15 is 0 Å². The summed E-state index contributed by atoms with van der Waals surface area (Å²) in [5.41, 5.74) is 1.24. The van der Waals surface area contributed by atoms with Gasteiger partial charge in [-0.2, -0.15) is 0 Å². The van der Waals surface area contributed by atoms with Gasteiger partial charge in [0.1, 0.15) is 17.7 Å². The van der Waals surface area contributed by atoms with Crippen LogP contribution in [0.5, 0.6) is 5.75 Å². The SMILES string of the molecule is O=S(=O)(NCCCCNCC1Cc2ccccc2O1)c1ccc(F)cc1. The van der Waals surface area contributed by atoms with Crippen molar-refractivity contribution in [2.24, 2.45) is 0 Å². The smallest absolute Gasteiger partial charge is 0.240 e. The van der Waals surface area contributed by atoms with Gasteiger partial charge in [0.25, 0.3) is 0 Å². The second-order valence-electron chi connectivity index (χ2n) is 6.31. The fourth-order valence-electron chi connectivity index (χ4n) is 2.91. The molecule has 2 aromatic rings. The molecule has 0 saturated heterocycles. The number of nitrogens with one attached hydrogen (secondary N) is 2. The second-order valence-corrected chi connectivity index (χ2v) is 8.08. The number of hydrogen-bond acceptors (Lipinski definition) is 4. The second kappa shape index (κ2) is 8.62. The lowest BCUT2D eigenvalue weighted by Crippen LogP contribution is -2.31. The zero-order valence-corrected chi connectivity index (χ0v) is 15.3. The maximum atomic E-state index is 12.9. The molecule has 2 aromatic carbocycles. The van der Waals surface area contributed by atoms with Gasteiger partial charge in [-0.3, -0.25) is 0 Å². The maximum absolute atomic E-state index is 12.9. The number of rotatable bonds is 9. The van der Waals surface area contributed by atoms with E-state index in [0.29, 0.717) is 6.54 Å². The largest absolute Gasteiger partial charge is 0.488 e. The van der Waals surface area contributed by atoms with E-state index < -0.39 is 15.8 Å². The zero-order valence-electron chi connectivity index (χ0n) is 14.4. The van der Waals surface area contributed by atoms with E-state index in [4.69, 9.17) is 4.74 Å². The zero-order chi connectivity index (χ0) is 18.4. The summed E-state index contributed by atoms with van der Waals surface area (Å²) in [6.07, 6.45) is 2.65. The van der Waals surface area contributed by atoms with Crippen molar-refractivity contribution in [2.45, 2.75) is 30.3 Å². The van der Waals surface area contributed by atoms with Gasteiger partial charge in [0, 0.05) is 19.5 Å². The van der Waals surface area contributed by atoms with Crippen LogP contribution in [0.2, 0.25) is 0 Å². The Hall–Kier alpha value is -1.96. The first-order chi connectivity index (χ1) is 12.5. The number of unbranched alkanes of at least 4 members (excludes halogenated alkanes) is 1.